The third-order valence-corrected chi connectivity index (χ3v) is 7.10. The number of aliphatic imine (C=N–C) groups is 1. The molecule has 1 saturated carbocycles. The summed E-state index contributed by atoms with van der Waals surface area (Å²) in [5.41, 5.74) is 1.32. The van der Waals surface area contributed by atoms with Gasteiger partial charge < -0.3 is 5.32 Å². The Hall–Kier alpha value is -3.62. The Bertz CT molecular complexity index is 1340. The first-order chi connectivity index (χ1) is 15.9. The van der Waals surface area contributed by atoms with E-state index in [9.17, 15) is 18.4 Å². The Morgan fingerprint density at radius 2 is 1.91 bits per heavy atom. The van der Waals surface area contributed by atoms with Gasteiger partial charge in [-0.3, -0.25) is 19.5 Å². The highest BCUT2D eigenvalue weighted by Gasteiger charge is 2.55. The van der Waals surface area contributed by atoms with Gasteiger partial charge in [-0.1, -0.05) is 12.1 Å². The van der Waals surface area contributed by atoms with Gasteiger partial charge in [0.05, 0.1) is 11.7 Å². The standard InChI is InChI=1S/C24H21F2N5O2/c1-12-28-24(9-2-10-24)23(33)31(12)21-19(13-3-5-14(25)6-4-13)27-17-11-15(26)7-8-16-18(17)20(21)29-30-22(16)32/h3-7,11,19,21,27H,2,8-10H2,1H3,(H,30,32). The molecule has 2 N–H and O–H groups in total. The summed E-state index contributed by atoms with van der Waals surface area (Å²) in [6.07, 6.45) is 5.11. The van der Waals surface area contributed by atoms with Crippen LogP contribution in [0.3, 0.4) is 0 Å². The van der Waals surface area contributed by atoms with Crippen molar-refractivity contribution in [3.63, 3.8) is 0 Å². The van der Waals surface area contributed by atoms with Crippen LogP contribution in [0.4, 0.5) is 8.78 Å². The predicted octanol–water partition coefficient (Wildman–Crippen LogP) is 3.23. The van der Waals surface area contributed by atoms with Crippen molar-refractivity contribution in [1.82, 2.24) is 20.4 Å². The maximum Gasteiger partial charge on any atom is 0.268 e. The number of H-pyrrole nitrogens is 1. The quantitative estimate of drug-likeness (QED) is 0.737. The zero-order chi connectivity index (χ0) is 22.9. The molecule has 1 fully saturated rings. The van der Waals surface area contributed by atoms with E-state index in [0.29, 0.717) is 46.8 Å². The number of benzene rings is 1. The first-order valence-corrected chi connectivity index (χ1v) is 11.0. The van der Waals surface area contributed by atoms with E-state index in [1.165, 1.54) is 24.3 Å². The van der Waals surface area contributed by atoms with Crippen LogP contribution >= 0.6 is 0 Å². The van der Waals surface area contributed by atoms with Crippen molar-refractivity contribution in [1.29, 1.82) is 0 Å². The van der Waals surface area contributed by atoms with Gasteiger partial charge in [-0.15, -0.1) is 0 Å². The van der Waals surface area contributed by atoms with E-state index in [0.717, 1.165) is 6.42 Å². The number of allylic oxidation sites excluding steroid dienone is 3. The Morgan fingerprint density at radius 3 is 2.58 bits per heavy atom. The largest absolute Gasteiger partial charge is 0.375 e. The number of carbonyl (C=O) groups is 1. The monoisotopic (exact) mass is 449 g/mol. The average Bonchev–Trinajstić information content (AvgIpc) is 2.92. The minimum absolute atomic E-state index is 0.0998. The van der Waals surface area contributed by atoms with E-state index >= 15 is 0 Å². The van der Waals surface area contributed by atoms with Crippen LogP contribution in [0.1, 0.15) is 60.7 Å². The molecule has 0 saturated heterocycles. The van der Waals surface area contributed by atoms with Crippen LogP contribution < -0.4 is 10.9 Å². The number of carbonyl (C=O) groups excluding carboxylic acids is 1. The zero-order valence-corrected chi connectivity index (χ0v) is 17.9. The Balaban J connectivity index is 1.58. The van der Waals surface area contributed by atoms with Gasteiger partial charge in [0.1, 0.15) is 29.1 Å². The van der Waals surface area contributed by atoms with Crippen molar-refractivity contribution in [3.05, 3.63) is 80.8 Å². The topological polar surface area (TPSA) is 90.5 Å². The van der Waals surface area contributed by atoms with Gasteiger partial charge in [0.15, 0.2) is 0 Å². The lowest BCUT2D eigenvalue weighted by molar-refractivity contribution is -0.136. The number of nitrogens with one attached hydrogen (secondary N) is 2. The molecule has 0 bridgehead atoms. The molecule has 6 rings (SSSR count). The SMILES string of the molecule is CC1=NC2(CCC2)C(=O)N1C1c2n[nH]c(=O)c3c2C(=CC(F)=CC3)NC1c1ccc(F)cc1. The van der Waals surface area contributed by atoms with Crippen LogP contribution in [0.15, 0.2) is 52.0 Å². The molecule has 1 aromatic heterocycles. The van der Waals surface area contributed by atoms with Gasteiger partial charge in [-0.05, 0) is 62.5 Å². The second-order valence-electron chi connectivity index (χ2n) is 8.98. The molecule has 2 unspecified atom stereocenters. The molecule has 0 radical (unpaired) electrons. The average molecular weight is 449 g/mol. The fraction of sp³-hybridized carbons (Fsp3) is 0.333. The van der Waals surface area contributed by atoms with Crippen LogP contribution in [-0.4, -0.2) is 32.4 Å². The summed E-state index contributed by atoms with van der Waals surface area (Å²) < 4.78 is 28.2. The molecule has 4 aliphatic rings. The van der Waals surface area contributed by atoms with Crippen LogP contribution in [0.25, 0.3) is 5.70 Å². The van der Waals surface area contributed by atoms with Crippen molar-refractivity contribution < 1.29 is 13.6 Å². The second kappa shape index (κ2) is 6.94. The molecule has 168 valence electrons. The Kier molecular flexibility index (Phi) is 4.21. The van der Waals surface area contributed by atoms with E-state index in [2.05, 4.69) is 15.5 Å². The van der Waals surface area contributed by atoms with Crippen molar-refractivity contribution in [2.45, 2.75) is 50.2 Å². The molecule has 2 aliphatic heterocycles. The lowest BCUT2D eigenvalue weighted by Gasteiger charge is -2.42. The highest BCUT2D eigenvalue weighted by molar-refractivity contribution is 6.08. The lowest BCUT2D eigenvalue weighted by Crippen LogP contribution is -2.51. The fourth-order valence-corrected chi connectivity index (χ4v) is 5.35. The first-order valence-electron chi connectivity index (χ1n) is 11.0. The molecule has 33 heavy (non-hydrogen) atoms. The van der Waals surface area contributed by atoms with E-state index < -0.39 is 29.0 Å². The zero-order valence-electron chi connectivity index (χ0n) is 17.9. The van der Waals surface area contributed by atoms with E-state index in [1.807, 2.05) is 0 Å². The Labute approximate surface area is 187 Å². The number of hydrogen-bond donors (Lipinski definition) is 2. The maximum atomic E-state index is 14.5. The fourth-order valence-electron chi connectivity index (χ4n) is 5.35. The van der Waals surface area contributed by atoms with Crippen LogP contribution in [0.2, 0.25) is 0 Å². The summed E-state index contributed by atoms with van der Waals surface area (Å²) >= 11 is 0. The molecule has 2 aromatic rings. The smallest absolute Gasteiger partial charge is 0.268 e. The van der Waals surface area contributed by atoms with Crippen molar-refractivity contribution in [2.24, 2.45) is 4.99 Å². The number of nitrogens with zero attached hydrogens (tertiary/aromatic N) is 3. The Morgan fingerprint density at radius 1 is 1.15 bits per heavy atom. The van der Waals surface area contributed by atoms with Gasteiger partial charge in [0, 0.05) is 16.8 Å². The maximum absolute atomic E-state index is 14.5. The predicted molar refractivity (Wildman–Crippen MR) is 117 cm³/mol. The van der Waals surface area contributed by atoms with Gasteiger partial charge in [-0.25, -0.2) is 13.9 Å². The summed E-state index contributed by atoms with van der Waals surface area (Å²) in [7, 11) is 0. The summed E-state index contributed by atoms with van der Waals surface area (Å²) in [5.74, 6) is -0.385. The molecule has 9 heteroatoms. The number of aromatic nitrogens is 2. The molecule has 1 aromatic carbocycles. The molecule has 7 nitrogen and oxygen atoms in total. The highest BCUT2D eigenvalue weighted by atomic mass is 19.1. The van der Waals surface area contributed by atoms with Crippen LogP contribution in [0.5, 0.6) is 0 Å². The first kappa shape index (κ1) is 20.0. The summed E-state index contributed by atoms with van der Waals surface area (Å²) in [6, 6.07) is 4.73. The minimum Gasteiger partial charge on any atom is -0.375 e. The molecular weight excluding hydrogens is 428 g/mol. The molecule has 1 amide bonds. The summed E-state index contributed by atoms with van der Waals surface area (Å²) in [4.78, 5) is 32.6. The number of amidine groups is 1. The van der Waals surface area contributed by atoms with E-state index in [4.69, 9.17) is 4.99 Å². The third kappa shape index (κ3) is 2.84. The van der Waals surface area contributed by atoms with E-state index in [-0.39, 0.29) is 18.1 Å². The number of rotatable bonds is 2. The summed E-state index contributed by atoms with van der Waals surface area (Å²) in [6.45, 7) is 1.80. The second-order valence-corrected chi connectivity index (χ2v) is 8.98. The molecule has 3 heterocycles. The van der Waals surface area contributed by atoms with Crippen molar-refractivity contribution >= 4 is 17.4 Å². The third-order valence-electron chi connectivity index (χ3n) is 7.10. The van der Waals surface area contributed by atoms with Gasteiger partial charge in [0.2, 0.25) is 0 Å². The number of halogens is 2. The van der Waals surface area contributed by atoms with Crippen molar-refractivity contribution in [3.8, 4) is 0 Å². The number of aromatic amines is 1. The lowest BCUT2D eigenvalue weighted by atomic mass is 9.76. The van der Waals surface area contributed by atoms with Crippen molar-refractivity contribution in [2.75, 3.05) is 0 Å². The minimum atomic E-state index is -0.736. The molecule has 2 aliphatic carbocycles. The van der Waals surface area contributed by atoms with Gasteiger partial charge in [-0.2, -0.15) is 5.10 Å². The number of amides is 1. The van der Waals surface area contributed by atoms with Gasteiger partial charge >= 0.3 is 0 Å². The normalized spacial score (nSPS) is 24.9. The highest BCUT2D eigenvalue weighted by Crippen LogP contribution is 2.49. The molecule has 1 spiro atoms. The van der Waals surface area contributed by atoms with Crippen LogP contribution in [-0.2, 0) is 11.2 Å². The summed E-state index contributed by atoms with van der Waals surface area (Å²) in [5, 5.41) is 10.2. The van der Waals surface area contributed by atoms with Crippen LogP contribution in [0, 0.1) is 5.82 Å². The van der Waals surface area contributed by atoms with E-state index in [1.54, 1.807) is 24.0 Å². The molecular formula is C24H21F2N5O2. The van der Waals surface area contributed by atoms with Gasteiger partial charge in [0.25, 0.3) is 11.5 Å². The molecule has 2 atom stereocenters. The number of hydrogen-bond acceptors (Lipinski definition) is 5.